The first-order chi connectivity index (χ1) is 6.91. The van der Waals surface area contributed by atoms with Crippen LogP contribution in [-0.2, 0) is 0 Å². The Morgan fingerprint density at radius 1 is 1.27 bits per heavy atom. The van der Waals surface area contributed by atoms with Crippen LogP contribution >= 0.6 is 0 Å². The maximum absolute atomic E-state index is 11.8. The van der Waals surface area contributed by atoms with Gasteiger partial charge < -0.3 is 0 Å². The van der Waals surface area contributed by atoms with Crippen LogP contribution in [0.3, 0.4) is 0 Å². The van der Waals surface area contributed by atoms with E-state index in [1.54, 1.807) is 6.92 Å². The Morgan fingerprint density at radius 3 is 2.13 bits per heavy atom. The van der Waals surface area contributed by atoms with Crippen LogP contribution in [0.5, 0.6) is 0 Å². The van der Waals surface area contributed by atoms with Crippen molar-refractivity contribution in [3.05, 3.63) is 29.6 Å². The zero-order valence-electron chi connectivity index (χ0n) is 8.72. The molecule has 0 unspecified atom stereocenters. The maximum atomic E-state index is 11.8. The molecule has 0 aliphatic carbocycles. The Morgan fingerprint density at radius 2 is 1.80 bits per heavy atom. The molecule has 0 aliphatic rings. The fraction of sp³-hybridized carbons (Fsp3) is 0.400. The first kappa shape index (κ1) is 13.6. The fourth-order valence-electron chi connectivity index (χ4n) is 0.747. The smallest absolute Gasteiger partial charge is 0.282 e. The molecule has 0 aromatic carbocycles. The molecule has 5 heteroatoms. The van der Waals surface area contributed by atoms with Gasteiger partial charge in [-0.15, -0.1) is 0 Å². The number of hydrogen-bond donors (Lipinski definition) is 0. The zero-order chi connectivity index (χ0) is 12.1. The molecule has 2 nitrogen and oxygen atoms in total. The summed E-state index contributed by atoms with van der Waals surface area (Å²) in [5.74, 6) is -1.91. The van der Waals surface area contributed by atoms with Crippen molar-refractivity contribution in [3.63, 3.8) is 0 Å². The number of pyridine rings is 1. The van der Waals surface area contributed by atoms with Gasteiger partial charge in [-0.2, -0.15) is 13.2 Å². The Hall–Kier alpha value is -1.39. The van der Waals surface area contributed by atoms with Crippen molar-refractivity contribution in [2.75, 3.05) is 0 Å². The van der Waals surface area contributed by atoms with E-state index >= 15 is 0 Å². The summed E-state index contributed by atoms with van der Waals surface area (Å²) in [5, 5.41) is 0. The number of carbonyl (C=O) groups is 1. The van der Waals surface area contributed by atoms with Crippen LogP contribution in [0.1, 0.15) is 29.9 Å². The summed E-state index contributed by atoms with van der Waals surface area (Å²) in [4.78, 5) is 14.0. The van der Waals surface area contributed by atoms with E-state index in [2.05, 4.69) is 4.98 Å². The number of aryl methyl sites for hydroxylation is 1. The number of nitrogens with zero attached hydrogens (tertiary/aromatic N) is 1. The van der Waals surface area contributed by atoms with Crippen LogP contribution in [-0.4, -0.2) is 16.9 Å². The average Bonchev–Trinajstić information content (AvgIpc) is 2.20. The van der Waals surface area contributed by atoms with Gasteiger partial charge in [-0.3, -0.25) is 9.78 Å². The zero-order valence-corrected chi connectivity index (χ0v) is 8.72. The van der Waals surface area contributed by atoms with Crippen LogP contribution < -0.4 is 0 Å². The van der Waals surface area contributed by atoms with E-state index in [-0.39, 0.29) is 0 Å². The molecule has 1 aromatic heterocycles. The molecule has 0 N–H and O–H groups in total. The molecule has 84 valence electrons. The minimum atomic E-state index is -4.84. The lowest BCUT2D eigenvalue weighted by molar-refractivity contribution is -0.0888. The molecule has 1 aromatic rings. The van der Waals surface area contributed by atoms with Gasteiger partial charge in [0.25, 0.3) is 5.78 Å². The molecule has 0 saturated heterocycles. The Labute approximate surface area is 86.1 Å². The minimum Gasteiger partial charge on any atom is -0.282 e. The van der Waals surface area contributed by atoms with Gasteiger partial charge in [0.2, 0.25) is 0 Å². The molecule has 15 heavy (non-hydrogen) atoms. The third-order valence-corrected chi connectivity index (χ3v) is 1.40. The van der Waals surface area contributed by atoms with E-state index < -0.39 is 17.7 Å². The molecule has 0 saturated carbocycles. The second-order valence-electron chi connectivity index (χ2n) is 2.55. The summed E-state index contributed by atoms with van der Waals surface area (Å²) in [6, 6.07) is 2.47. The number of halogens is 3. The van der Waals surface area contributed by atoms with Gasteiger partial charge >= 0.3 is 6.18 Å². The molecule has 0 fully saturated rings. The molecule has 0 spiro atoms. The van der Waals surface area contributed by atoms with Crippen molar-refractivity contribution in [2.24, 2.45) is 0 Å². The molecule has 0 atom stereocenters. The lowest BCUT2D eigenvalue weighted by Gasteiger charge is -2.03. The highest BCUT2D eigenvalue weighted by molar-refractivity contribution is 5.98. The van der Waals surface area contributed by atoms with Gasteiger partial charge in [0.15, 0.2) is 0 Å². The van der Waals surface area contributed by atoms with E-state index in [0.717, 1.165) is 6.07 Å². The Balaban J connectivity index is 0.000000921. The molecular weight excluding hydrogens is 207 g/mol. The van der Waals surface area contributed by atoms with Crippen LogP contribution in [0.15, 0.2) is 18.3 Å². The van der Waals surface area contributed by atoms with E-state index in [4.69, 9.17) is 0 Å². The van der Waals surface area contributed by atoms with Crippen molar-refractivity contribution in [1.29, 1.82) is 0 Å². The second kappa shape index (κ2) is 5.48. The number of carbonyl (C=O) groups excluding carboxylic acids is 1. The molecule has 1 heterocycles. The summed E-state index contributed by atoms with van der Waals surface area (Å²) in [6.07, 6.45) is -3.62. The number of aromatic nitrogens is 1. The summed E-state index contributed by atoms with van der Waals surface area (Å²) in [5.41, 5.74) is 0.136. The summed E-state index contributed by atoms with van der Waals surface area (Å²) < 4.78 is 35.5. The number of alkyl halides is 3. The van der Waals surface area contributed by atoms with Gasteiger partial charge in [-0.05, 0) is 18.6 Å². The SMILES string of the molecule is CC.Cc1ccc(C(=O)C(F)(F)F)nc1. The Bertz CT molecular complexity index is 316. The van der Waals surface area contributed by atoms with Crippen molar-refractivity contribution in [2.45, 2.75) is 26.9 Å². The van der Waals surface area contributed by atoms with Gasteiger partial charge in [0.05, 0.1) is 0 Å². The second-order valence-corrected chi connectivity index (χ2v) is 2.55. The van der Waals surface area contributed by atoms with Crippen molar-refractivity contribution >= 4 is 5.78 Å². The van der Waals surface area contributed by atoms with Crippen molar-refractivity contribution in [1.82, 2.24) is 4.98 Å². The van der Waals surface area contributed by atoms with E-state index in [1.807, 2.05) is 13.8 Å². The number of hydrogen-bond acceptors (Lipinski definition) is 2. The number of rotatable bonds is 1. The quantitative estimate of drug-likeness (QED) is 0.679. The molecule has 0 radical (unpaired) electrons. The molecular formula is C10H12F3NO. The highest BCUT2D eigenvalue weighted by Gasteiger charge is 2.40. The van der Waals surface area contributed by atoms with Crippen molar-refractivity contribution < 1.29 is 18.0 Å². The molecule has 0 amide bonds. The lowest BCUT2D eigenvalue weighted by Crippen LogP contribution is -2.23. The van der Waals surface area contributed by atoms with Gasteiger partial charge in [0.1, 0.15) is 5.69 Å². The molecule has 0 bridgehead atoms. The monoisotopic (exact) mass is 219 g/mol. The highest BCUT2D eigenvalue weighted by atomic mass is 19.4. The predicted molar refractivity (Wildman–Crippen MR) is 50.7 cm³/mol. The van der Waals surface area contributed by atoms with Crippen molar-refractivity contribution in [3.8, 4) is 0 Å². The maximum Gasteiger partial charge on any atom is 0.456 e. The third kappa shape index (κ3) is 4.10. The third-order valence-electron chi connectivity index (χ3n) is 1.40. The van der Waals surface area contributed by atoms with Crippen LogP contribution in [0, 0.1) is 6.92 Å². The summed E-state index contributed by atoms with van der Waals surface area (Å²) in [6.45, 7) is 5.68. The van der Waals surface area contributed by atoms with Gasteiger partial charge in [-0.1, -0.05) is 19.9 Å². The molecule has 0 aliphatic heterocycles. The predicted octanol–water partition coefficient (Wildman–Crippen LogP) is 3.16. The largest absolute Gasteiger partial charge is 0.456 e. The van der Waals surface area contributed by atoms with Crippen LogP contribution in [0.4, 0.5) is 13.2 Å². The van der Waals surface area contributed by atoms with Gasteiger partial charge in [-0.25, -0.2) is 0 Å². The van der Waals surface area contributed by atoms with E-state index in [1.165, 1.54) is 12.3 Å². The standard InChI is InChI=1S/C8H6F3NO.C2H6/c1-5-2-3-6(12-4-5)7(13)8(9,10)11;1-2/h2-4H,1H3;1-2H3. The van der Waals surface area contributed by atoms with Crippen LogP contribution in [0.2, 0.25) is 0 Å². The van der Waals surface area contributed by atoms with E-state index in [0.29, 0.717) is 5.56 Å². The minimum absolute atomic E-state index is 0.571. The van der Waals surface area contributed by atoms with Gasteiger partial charge in [0, 0.05) is 6.20 Å². The lowest BCUT2D eigenvalue weighted by atomic mass is 10.2. The summed E-state index contributed by atoms with van der Waals surface area (Å²) in [7, 11) is 0. The summed E-state index contributed by atoms with van der Waals surface area (Å²) >= 11 is 0. The van der Waals surface area contributed by atoms with Crippen LogP contribution in [0.25, 0.3) is 0 Å². The normalized spacial score (nSPS) is 10.3. The number of Topliss-reactive ketones (excluding diaryl/α,β-unsaturated/α-hetero) is 1. The van der Waals surface area contributed by atoms with E-state index in [9.17, 15) is 18.0 Å². The first-order valence-corrected chi connectivity index (χ1v) is 4.45. The fourth-order valence-corrected chi connectivity index (χ4v) is 0.747. The Kier molecular flexibility index (Phi) is 4.97. The molecule has 1 rings (SSSR count). The average molecular weight is 219 g/mol. The highest BCUT2D eigenvalue weighted by Crippen LogP contribution is 2.20. The topological polar surface area (TPSA) is 30.0 Å². The number of ketones is 1. The first-order valence-electron chi connectivity index (χ1n) is 4.45.